The second-order valence-electron chi connectivity index (χ2n) is 4.49. The summed E-state index contributed by atoms with van der Waals surface area (Å²) in [6.45, 7) is 2.85. The fourth-order valence-electron chi connectivity index (χ4n) is 2.05. The van der Waals surface area contributed by atoms with Crippen molar-refractivity contribution in [2.45, 2.75) is 13.5 Å². The van der Waals surface area contributed by atoms with Gasteiger partial charge in [-0.25, -0.2) is 0 Å². The highest BCUT2D eigenvalue weighted by molar-refractivity contribution is 6.31. The van der Waals surface area contributed by atoms with Crippen LogP contribution in [-0.4, -0.2) is 7.05 Å². The van der Waals surface area contributed by atoms with Crippen molar-refractivity contribution >= 4 is 23.0 Å². The maximum atomic E-state index is 6.19. The van der Waals surface area contributed by atoms with Gasteiger partial charge in [-0.1, -0.05) is 29.8 Å². The summed E-state index contributed by atoms with van der Waals surface area (Å²) in [4.78, 5) is 2.18. The molecule has 0 aliphatic heterocycles. The van der Waals surface area contributed by atoms with Crippen molar-refractivity contribution in [3.8, 4) is 0 Å². The van der Waals surface area contributed by atoms with Crippen LogP contribution in [0.15, 0.2) is 42.5 Å². The fraction of sp³-hybridized carbons (Fsp3) is 0.200. The van der Waals surface area contributed by atoms with Gasteiger partial charge in [-0.3, -0.25) is 0 Å². The second kappa shape index (κ2) is 5.32. The molecule has 0 radical (unpaired) electrons. The summed E-state index contributed by atoms with van der Waals surface area (Å²) in [5.74, 6) is 0. The largest absolute Gasteiger partial charge is 0.399 e. The second-order valence-corrected chi connectivity index (χ2v) is 4.90. The molecule has 2 N–H and O–H groups in total. The van der Waals surface area contributed by atoms with Crippen molar-refractivity contribution in [3.63, 3.8) is 0 Å². The Morgan fingerprint density at radius 2 is 1.89 bits per heavy atom. The van der Waals surface area contributed by atoms with Gasteiger partial charge in [-0.2, -0.15) is 0 Å². The Kier molecular flexibility index (Phi) is 3.78. The van der Waals surface area contributed by atoms with Gasteiger partial charge in [-0.15, -0.1) is 0 Å². The Morgan fingerprint density at radius 1 is 1.17 bits per heavy atom. The molecule has 0 fully saturated rings. The van der Waals surface area contributed by atoms with Gasteiger partial charge in [0.15, 0.2) is 0 Å². The summed E-state index contributed by atoms with van der Waals surface area (Å²) in [5.41, 5.74) is 10.0. The number of nitrogens with two attached hydrogens (primary N) is 1. The maximum Gasteiger partial charge on any atom is 0.0457 e. The standard InChI is InChI=1S/C15H17ClN2/c1-11-5-3-4-6-15(11)18(2)10-12-9-13(17)7-8-14(12)16/h3-9H,10,17H2,1-2H3. The first-order valence-electron chi connectivity index (χ1n) is 5.88. The number of rotatable bonds is 3. The minimum Gasteiger partial charge on any atom is -0.399 e. The van der Waals surface area contributed by atoms with E-state index in [1.165, 1.54) is 11.3 Å². The minimum atomic E-state index is 0.743. The van der Waals surface area contributed by atoms with E-state index in [0.29, 0.717) is 0 Å². The zero-order chi connectivity index (χ0) is 13.1. The summed E-state index contributed by atoms with van der Waals surface area (Å²) in [5, 5.41) is 0.754. The molecule has 0 aliphatic carbocycles. The van der Waals surface area contributed by atoms with Crippen LogP contribution in [-0.2, 0) is 6.54 Å². The maximum absolute atomic E-state index is 6.19. The first-order valence-corrected chi connectivity index (χ1v) is 6.26. The van der Waals surface area contributed by atoms with Crippen LogP contribution in [0.5, 0.6) is 0 Å². The molecule has 0 atom stereocenters. The van der Waals surface area contributed by atoms with Gasteiger partial charge in [0, 0.05) is 30.0 Å². The zero-order valence-electron chi connectivity index (χ0n) is 10.7. The average molecular weight is 261 g/mol. The molecule has 0 unspecified atom stereocenters. The first kappa shape index (κ1) is 12.8. The first-order chi connectivity index (χ1) is 8.58. The number of hydrogen-bond acceptors (Lipinski definition) is 2. The third kappa shape index (κ3) is 2.77. The monoisotopic (exact) mass is 260 g/mol. The lowest BCUT2D eigenvalue weighted by Crippen LogP contribution is -2.17. The third-order valence-electron chi connectivity index (χ3n) is 3.00. The molecule has 2 nitrogen and oxygen atoms in total. The van der Waals surface area contributed by atoms with Crippen molar-refractivity contribution in [3.05, 3.63) is 58.6 Å². The molecular formula is C15H17ClN2. The van der Waals surface area contributed by atoms with E-state index in [0.717, 1.165) is 22.8 Å². The van der Waals surface area contributed by atoms with Crippen LogP contribution in [0.3, 0.4) is 0 Å². The van der Waals surface area contributed by atoms with Gasteiger partial charge in [-0.05, 0) is 42.3 Å². The van der Waals surface area contributed by atoms with Crippen molar-refractivity contribution in [1.82, 2.24) is 0 Å². The number of nitrogen functional groups attached to an aromatic ring is 1. The number of benzene rings is 2. The smallest absolute Gasteiger partial charge is 0.0457 e. The van der Waals surface area contributed by atoms with Crippen LogP contribution < -0.4 is 10.6 Å². The lowest BCUT2D eigenvalue weighted by molar-refractivity contribution is 0.918. The number of anilines is 2. The van der Waals surface area contributed by atoms with Crippen LogP contribution in [0.25, 0.3) is 0 Å². The van der Waals surface area contributed by atoms with Crippen molar-refractivity contribution < 1.29 is 0 Å². The molecule has 0 saturated heterocycles. The quantitative estimate of drug-likeness (QED) is 0.849. The number of nitrogens with zero attached hydrogens (tertiary/aromatic N) is 1. The highest BCUT2D eigenvalue weighted by atomic mass is 35.5. The molecule has 2 aromatic carbocycles. The van der Waals surface area contributed by atoms with Crippen molar-refractivity contribution in [2.75, 3.05) is 17.7 Å². The van der Waals surface area contributed by atoms with Crippen molar-refractivity contribution in [1.29, 1.82) is 0 Å². The van der Waals surface area contributed by atoms with Crippen molar-refractivity contribution in [2.24, 2.45) is 0 Å². The van der Waals surface area contributed by atoms with Crippen LogP contribution >= 0.6 is 11.6 Å². The summed E-state index contributed by atoms with van der Waals surface area (Å²) in [6.07, 6.45) is 0. The van der Waals surface area contributed by atoms with E-state index >= 15 is 0 Å². The Hall–Kier alpha value is -1.67. The highest BCUT2D eigenvalue weighted by Gasteiger charge is 2.07. The Balaban J connectivity index is 2.24. The van der Waals surface area contributed by atoms with Crippen LogP contribution in [0.2, 0.25) is 5.02 Å². The topological polar surface area (TPSA) is 29.3 Å². The molecule has 18 heavy (non-hydrogen) atoms. The fourth-order valence-corrected chi connectivity index (χ4v) is 2.23. The molecule has 2 aromatic rings. The van der Waals surface area contributed by atoms with Gasteiger partial charge in [0.05, 0.1) is 0 Å². The average Bonchev–Trinajstić information content (AvgIpc) is 2.34. The number of hydrogen-bond donors (Lipinski definition) is 1. The van der Waals surface area contributed by atoms with Gasteiger partial charge in [0.25, 0.3) is 0 Å². The highest BCUT2D eigenvalue weighted by Crippen LogP contribution is 2.24. The van der Waals surface area contributed by atoms with Gasteiger partial charge in [0.2, 0.25) is 0 Å². The van der Waals surface area contributed by atoms with E-state index in [2.05, 4.69) is 31.0 Å². The summed E-state index contributed by atoms with van der Waals surface area (Å²) in [7, 11) is 2.06. The van der Waals surface area contributed by atoms with E-state index in [1.54, 1.807) is 0 Å². The van der Waals surface area contributed by atoms with E-state index in [-0.39, 0.29) is 0 Å². The molecule has 0 bridgehead atoms. The third-order valence-corrected chi connectivity index (χ3v) is 3.37. The lowest BCUT2D eigenvalue weighted by Gasteiger charge is -2.22. The molecule has 0 saturated carbocycles. The molecule has 3 heteroatoms. The van der Waals surface area contributed by atoms with E-state index in [1.807, 2.05) is 30.3 Å². The SMILES string of the molecule is Cc1ccccc1N(C)Cc1cc(N)ccc1Cl. The van der Waals surface area contributed by atoms with Gasteiger partial charge in [0.1, 0.15) is 0 Å². The van der Waals surface area contributed by atoms with E-state index in [9.17, 15) is 0 Å². The number of para-hydroxylation sites is 1. The summed E-state index contributed by atoms with van der Waals surface area (Å²) in [6, 6.07) is 13.9. The minimum absolute atomic E-state index is 0.743. The van der Waals surface area contributed by atoms with Crippen LogP contribution in [0.4, 0.5) is 11.4 Å². The zero-order valence-corrected chi connectivity index (χ0v) is 11.4. The predicted octanol–water partition coefficient (Wildman–Crippen LogP) is 3.87. The van der Waals surface area contributed by atoms with Crippen LogP contribution in [0.1, 0.15) is 11.1 Å². The molecule has 0 spiro atoms. The number of aryl methyl sites for hydroxylation is 1. The van der Waals surface area contributed by atoms with Gasteiger partial charge >= 0.3 is 0 Å². The predicted molar refractivity (Wildman–Crippen MR) is 79.2 cm³/mol. The molecular weight excluding hydrogens is 244 g/mol. The Bertz CT molecular complexity index is 552. The Labute approximate surface area is 113 Å². The molecule has 2 rings (SSSR count). The molecule has 0 aromatic heterocycles. The van der Waals surface area contributed by atoms with E-state index < -0.39 is 0 Å². The van der Waals surface area contributed by atoms with E-state index in [4.69, 9.17) is 17.3 Å². The number of halogens is 1. The van der Waals surface area contributed by atoms with Crippen LogP contribution in [0, 0.1) is 6.92 Å². The molecule has 0 amide bonds. The normalized spacial score (nSPS) is 10.4. The Morgan fingerprint density at radius 3 is 2.61 bits per heavy atom. The molecule has 94 valence electrons. The summed E-state index contributed by atoms with van der Waals surface area (Å²) < 4.78 is 0. The lowest BCUT2D eigenvalue weighted by atomic mass is 10.1. The summed E-state index contributed by atoms with van der Waals surface area (Å²) >= 11 is 6.19. The molecule has 0 aliphatic rings. The molecule has 0 heterocycles. The van der Waals surface area contributed by atoms with Gasteiger partial charge < -0.3 is 10.6 Å².